The van der Waals surface area contributed by atoms with Crippen LogP contribution in [0.4, 0.5) is 0 Å². The van der Waals surface area contributed by atoms with Crippen molar-refractivity contribution >= 4 is 15.9 Å². The minimum absolute atomic E-state index is 0.177. The third-order valence-electron chi connectivity index (χ3n) is 1.68. The van der Waals surface area contributed by atoms with Gasteiger partial charge in [0.15, 0.2) is 10.6 Å². The minimum atomic E-state index is -1.50. The van der Waals surface area contributed by atoms with E-state index < -0.39 is 15.5 Å². The molecule has 6 heteroatoms. The number of ether oxygens (including phenoxy) is 1. The molecule has 0 aromatic rings. The molecule has 13 heavy (non-hydrogen) atoms. The fourth-order valence-electron chi connectivity index (χ4n) is 1.11. The molecule has 0 bridgehead atoms. The molecule has 5 nitrogen and oxygen atoms in total. The van der Waals surface area contributed by atoms with Crippen LogP contribution >= 0.6 is 15.9 Å². The normalized spacial score (nSPS) is 32.8. The summed E-state index contributed by atoms with van der Waals surface area (Å²) >= 11 is 2.93. The van der Waals surface area contributed by atoms with Crippen LogP contribution in [0.3, 0.4) is 0 Å². The molecule has 1 aliphatic rings. The standard InChI is InChI=1S/C7H8BrNO4/c1-13-6-5(9(11)12)3-2-4-7(6,8)10/h2-4,6,10H,1H3. The van der Waals surface area contributed by atoms with Crippen molar-refractivity contribution in [2.24, 2.45) is 0 Å². The van der Waals surface area contributed by atoms with E-state index in [2.05, 4.69) is 15.9 Å². The van der Waals surface area contributed by atoms with Crippen LogP contribution in [0.5, 0.6) is 0 Å². The predicted molar refractivity (Wildman–Crippen MR) is 48.9 cm³/mol. The van der Waals surface area contributed by atoms with Gasteiger partial charge < -0.3 is 9.84 Å². The molecule has 72 valence electrons. The van der Waals surface area contributed by atoms with Crippen molar-refractivity contribution in [3.63, 3.8) is 0 Å². The van der Waals surface area contributed by atoms with Crippen LogP contribution in [0, 0.1) is 10.1 Å². The zero-order valence-corrected chi connectivity index (χ0v) is 8.39. The zero-order chi connectivity index (χ0) is 10.1. The fraction of sp³-hybridized carbons (Fsp3) is 0.429. The lowest BCUT2D eigenvalue weighted by Crippen LogP contribution is -2.40. The van der Waals surface area contributed by atoms with Gasteiger partial charge in [-0.3, -0.25) is 10.1 Å². The van der Waals surface area contributed by atoms with Gasteiger partial charge >= 0.3 is 0 Å². The van der Waals surface area contributed by atoms with E-state index in [0.717, 1.165) is 0 Å². The molecule has 0 aromatic carbocycles. The van der Waals surface area contributed by atoms with Crippen molar-refractivity contribution in [2.75, 3.05) is 7.11 Å². The predicted octanol–water partition coefficient (Wildman–Crippen LogP) is 0.815. The minimum Gasteiger partial charge on any atom is -0.372 e. The molecule has 0 amide bonds. The number of rotatable bonds is 2. The Labute approximate surface area is 83.0 Å². The summed E-state index contributed by atoms with van der Waals surface area (Å²) < 4.78 is 3.32. The number of nitrogens with zero attached hydrogens (tertiary/aromatic N) is 1. The van der Waals surface area contributed by atoms with Crippen LogP contribution in [0.25, 0.3) is 0 Å². The topological polar surface area (TPSA) is 72.6 Å². The summed E-state index contributed by atoms with van der Waals surface area (Å²) in [5, 5.41) is 20.1. The number of methoxy groups -OCH3 is 1. The number of nitro groups is 1. The third-order valence-corrected chi connectivity index (χ3v) is 2.36. The number of halogens is 1. The fourth-order valence-corrected chi connectivity index (χ4v) is 1.68. The van der Waals surface area contributed by atoms with E-state index in [4.69, 9.17) is 4.74 Å². The van der Waals surface area contributed by atoms with E-state index in [1.54, 1.807) is 0 Å². The van der Waals surface area contributed by atoms with E-state index in [1.165, 1.54) is 25.3 Å². The average Bonchev–Trinajstić information content (AvgIpc) is 2.02. The Morgan fingerprint density at radius 1 is 1.85 bits per heavy atom. The summed E-state index contributed by atoms with van der Waals surface area (Å²) in [6.07, 6.45) is 3.09. The van der Waals surface area contributed by atoms with Gasteiger partial charge in [0.2, 0.25) is 0 Å². The lowest BCUT2D eigenvalue weighted by molar-refractivity contribution is -0.439. The first kappa shape index (κ1) is 10.4. The first-order chi connectivity index (χ1) is 5.99. The van der Waals surface area contributed by atoms with Crippen LogP contribution in [0.15, 0.2) is 23.9 Å². The Morgan fingerprint density at radius 2 is 2.46 bits per heavy atom. The van der Waals surface area contributed by atoms with Gasteiger partial charge in [0, 0.05) is 13.2 Å². The summed E-state index contributed by atoms with van der Waals surface area (Å²) in [4.78, 5) is 9.92. The highest BCUT2D eigenvalue weighted by Crippen LogP contribution is 2.31. The van der Waals surface area contributed by atoms with Crippen LogP contribution < -0.4 is 0 Å². The molecule has 1 N–H and O–H groups in total. The van der Waals surface area contributed by atoms with Crippen LogP contribution in [-0.4, -0.2) is 27.8 Å². The molecule has 0 heterocycles. The monoisotopic (exact) mass is 249 g/mol. The number of hydrogen-bond acceptors (Lipinski definition) is 4. The lowest BCUT2D eigenvalue weighted by Gasteiger charge is -2.26. The van der Waals surface area contributed by atoms with Crippen molar-refractivity contribution in [1.29, 1.82) is 0 Å². The van der Waals surface area contributed by atoms with Crippen molar-refractivity contribution in [3.8, 4) is 0 Å². The lowest BCUT2D eigenvalue weighted by atomic mass is 10.1. The van der Waals surface area contributed by atoms with Gasteiger partial charge in [-0.15, -0.1) is 0 Å². The number of aliphatic hydroxyl groups is 1. The second-order valence-electron chi connectivity index (χ2n) is 2.55. The molecule has 0 spiro atoms. The maximum atomic E-state index is 10.5. The van der Waals surface area contributed by atoms with E-state index >= 15 is 0 Å². The van der Waals surface area contributed by atoms with Gasteiger partial charge in [0.1, 0.15) is 0 Å². The van der Waals surface area contributed by atoms with E-state index in [1.807, 2.05) is 0 Å². The summed E-state index contributed by atoms with van der Waals surface area (Å²) in [5.74, 6) is 0. The molecule has 0 fully saturated rings. The van der Waals surface area contributed by atoms with Gasteiger partial charge in [0.25, 0.3) is 5.70 Å². The molecule has 0 aliphatic heterocycles. The van der Waals surface area contributed by atoms with E-state index in [9.17, 15) is 15.2 Å². The van der Waals surface area contributed by atoms with E-state index in [0.29, 0.717) is 0 Å². The molecule has 2 unspecified atom stereocenters. The Hall–Kier alpha value is -0.720. The van der Waals surface area contributed by atoms with Gasteiger partial charge in [-0.25, -0.2) is 0 Å². The third kappa shape index (κ3) is 1.96. The molecule has 1 rings (SSSR count). The van der Waals surface area contributed by atoms with Gasteiger partial charge in [-0.1, -0.05) is 6.08 Å². The molecule has 0 radical (unpaired) electrons. The molecule has 1 aliphatic carbocycles. The Balaban J connectivity index is 3.02. The Bertz CT molecular complexity index is 284. The largest absolute Gasteiger partial charge is 0.372 e. The van der Waals surface area contributed by atoms with Crippen molar-refractivity contribution in [1.82, 2.24) is 0 Å². The first-order valence-corrected chi connectivity index (χ1v) is 4.26. The smallest absolute Gasteiger partial charge is 0.279 e. The summed E-state index contributed by atoms with van der Waals surface area (Å²) in [6.45, 7) is 0. The average molecular weight is 250 g/mol. The maximum Gasteiger partial charge on any atom is 0.279 e. The number of hydrogen-bond donors (Lipinski definition) is 1. The molecular formula is C7H8BrNO4. The summed E-state index contributed by atoms with van der Waals surface area (Å²) in [7, 11) is 1.30. The van der Waals surface area contributed by atoms with Gasteiger partial charge in [-0.2, -0.15) is 0 Å². The molecule has 2 atom stereocenters. The van der Waals surface area contributed by atoms with Gasteiger partial charge in [0.05, 0.1) is 4.92 Å². The first-order valence-electron chi connectivity index (χ1n) is 3.47. The van der Waals surface area contributed by atoms with Crippen LogP contribution in [-0.2, 0) is 4.74 Å². The number of alkyl halides is 1. The van der Waals surface area contributed by atoms with Crippen molar-refractivity contribution in [3.05, 3.63) is 34.0 Å². The number of allylic oxidation sites excluding steroid dienone is 2. The second-order valence-corrected chi connectivity index (χ2v) is 3.82. The highest BCUT2D eigenvalue weighted by Gasteiger charge is 2.42. The highest BCUT2D eigenvalue weighted by molar-refractivity contribution is 9.10. The summed E-state index contributed by atoms with van der Waals surface area (Å²) in [6, 6.07) is 0. The highest BCUT2D eigenvalue weighted by atomic mass is 79.9. The molecular weight excluding hydrogens is 242 g/mol. The van der Waals surface area contributed by atoms with E-state index in [-0.39, 0.29) is 5.70 Å². The quantitative estimate of drug-likeness (QED) is 0.447. The van der Waals surface area contributed by atoms with Crippen molar-refractivity contribution in [2.45, 2.75) is 10.6 Å². The van der Waals surface area contributed by atoms with Crippen molar-refractivity contribution < 1.29 is 14.8 Å². The zero-order valence-electron chi connectivity index (χ0n) is 6.81. The second kappa shape index (κ2) is 3.57. The molecule has 0 aromatic heterocycles. The van der Waals surface area contributed by atoms with Gasteiger partial charge in [-0.05, 0) is 22.0 Å². The van der Waals surface area contributed by atoms with Crippen LogP contribution in [0.2, 0.25) is 0 Å². The SMILES string of the molecule is COC1C([N+](=O)[O-])=CC=CC1(O)Br. The molecule has 0 saturated heterocycles. The Morgan fingerprint density at radius 3 is 2.85 bits per heavy atom. The molecule has 0 saturated carbocycles. The summed E-state index contributed by atoms with van der Waals surface area (Å²) in [5.41, 5.74) is -0.177. The Kier molecular flexibility index (Phi) is 2.84. The van der Waals surface area contributed by atoms with Crippen LogP contribution in [0.1, 0.15) is 0 Å². The maximum absolute atomic E-state index is 10.5.